The highest BCUT2D eigenvalue weighted by Gasteiger charge is 2.54. The standard InChI is InChI=1S/C53H60ClN5O6/c1-34(33-65-47-19-24-56-46-13-4-8-35(2)49(46)47)26-40-28-37-15-17-43(30-44(37)52(40)20-22-53(23-21-52,51(62)63)59-42-12-6-11-41(54)29-42)64-25-7-14-48(60)58-31-36-9-5-10-38(27-36)45-18-16-39(32-57-45)50(61)55-3/h5-6,9-12,15-19,24,27,29-30,32,34-35,40,59H,4,7-8,13-14,20-23,25-26,28,31,33H2,1-3H3,(H,55,61)(H,58,60)(H,62,63)/t34-,35-,40?,52?,53?/m1/s1. The van der Waals surface area contributed by atoms with Crippen molar-refractivity contribution < 1.29 is 29.0 Å². The summed E-state index contributed by atoms with van der Waals surface area (Å²) in [6, 6.07) is 27.1. The van der Waals surface area contributed by atoms with E-state index in [9.17, 15) is 19.5 Å². The Morgan fingerprint density at radius 2 is 1.78 bits per heavy atom. The van der Waals surface area contributed by atoms with Crippen LogP contribution in [0.5, 0.6) is 11.5 Å². The molecule has 1 fully saturated rings. The number of hydrogen-bond donors (Lipinski definition) is 4. The van der Waals surface area contributed by atoms with E-state index in [1.807, 2.05) is 60.8 Å². The van der Waals surface area contributed by atoms with E-state index in [0.717, 1.165) is 66.1 Å². The van der Waals surface area contributed by atoms with Crippen LogP contribution in [0.4, 0.5) is 5.69 Å². The van der Waals surface area contributed by atoms with E-state index in [-0.39, 0.29) is 23.1 Å². The van der Waals surface area contributed by atoms with Crippen molar-refractivity contribution >= 4 is 35.1 Å². The van der Waals surface area contributed by atoms with Gasteiger partial charge in [-0.05, 0) is 159 Å². The summed E-state index contributed by atoms with van der Waals surface area (Å²) in [7, 11) is 1.59. The molecule has 0 aliphatic heterocycles. The minimum absolute atomic E-state index is 0.0604. The first-order chi connectivity index (χ1) is 31.4. The van der Waals surface area contributed by atoms with Crippen LogP contribution in [-0.2, 0) is 34.4 Å². The van der Waals surface area contributed by atoms with Crippen molar-refractivity contribution in [3.05, 3.63) is 136 Å². The molecule has 2 aromatic heterocycles. The molecule has 0 saturated heterocycles. The number of nitrogens with zero attached hydrogens (tertiary/aromatic N) is 2. The number of carbonyl (C=O) groups is 3. The van der Waals surface area contributed by atoms with Gasteiger partial charge in [0, 0.05) is 59.9 Å². The largest absolute Gasteiger partial charge is 0.494 e. The summed E-state index contributed by atoms with van der Waals surface area (Å²) in [4.78, 5) is 47.1. The molecule has 3 aromatic carbocycles. The Morgan fingerprint density at radius 1 is 0.954 bits per heavy atom. The summed E-state index contributed by atoms with van der Waals surface area (Å²) < 4.78 is 12.9. The van der Waals surface area contributed by atoms with Crippen LogP contribution in [0.3, 0.4) is 0 Å². The molecule has 1 unspecified atom stereocenters. The molecule has 1 spiro atoms. The molecule has 2 heterocycles. The molecule has 12 heteroatoms. The summed E-state index contributed by atoms with van der Waals surface area (Å²) in [6.45, 7) is 5.91. The second-order valence-corrected chi connectivity index (χ2v) is 18.9. The lowest BCUT2D eigenvalue weighted by Gasteiger charge is -2.47. The van der Waals surface area contributed by atoms with E-state index in [0.29, 0.717) is 86.4 Å². The summed E-state index contributed by atoms with van der Waals surface area (Å²) in [5, 5.41) is 20.3. The van der Waals surface area contributed by atoms with E-state index < -0.39 is 11.5 Å². The molecule has 2 amide bonds. The highest BCUT2D eigenvalue weighted by Crippen LogP contribution is 2.57. The van der Waals surface area contributed by atoms with E-state index in [1.165, 1.54) is 16.7 Å². The third-order valence-electron chi connectivity index (χ3n) is 14.0. The molecule has 4 N–H and O–H groups in total. The third kappa shape index (κ3) is 10.3. The Hall–Kier alpha value is -5.94. The van der Waals surface area contributed by atoms with Crippen molar-refractivity contribution in [2.24, 2.45) is 11.8 Å². The molecular formula is C53H60ClN5O6. The fourth-order valence-electron chi connectivity index (χ4n) is 10.6. The van der Waals surface area contributed by atoms with Crippen molar-refractivity contribution in [1.82, 2.24) is 20.6 Å². The molecule has 5 aromatic rings. The molecule has 340 valence electrons. The quantitative estimate of drug-likeness (QED) is 0.0669. The normalized spacial score (nSPS) is 21.4. The number of benzene rings is 3. The Kier molecular flexibility index (Phi) is 14.1. The minimum Gasteiger partial charge on any atom is -0.494 e. The topological polar surface area (TPSA) is 152 Å². The maximum Gasteiger partial charge on any atom is 0.329 e. The maximum atomic E-state index is 13.1. The van der Waals surface area contributed by atoms with Gasteiger partial charge >= 0.3 is 5.97 Å². The molecule has 0 radical (unpaired) electrons. The number of aromatic nitrogens is 2. The Balaban J connectivity index is 0.911. The number of carboxylic acids is 1. The van der Waals surface area contributed by atoms with Gasteiger partial charge in [0.05, 0.1) is 24.5 Å². The van der Waals surface area contributed by atoms with Gasteiger partial charge in [-0.3, -0.25) is 19.6 Å². The first kappa shape index (κ1) is 45.6. The number of nitrogens with one attached hydrogen (secondary N) is 3. The van der Waals surface area contributed by atoms with Crippen LogP contribution in [0.1, 0.15) is 116 Å². The van der Waals surface area contributed by atoms with Crippen LogP contribution in [0.2, 0.25) is 5.02 Å². The van der Waals surface area contributed by atoms with Gasteiger partial charge in [0.15, 0.2) is 0 Å². The van der Waals surface area contributed by atoms with Crippen LogP contribution in [-0.4, -0.2) is 58.7 Å². The predicted molar refractivity (Wildman–Crippen MR) is 254 cm³/mol. The molecule has 11 nitrogen and oxygen atoms in total. The van der Waals surface area contributed by atoms with Crippen LogP contribution < -0.4 is 25.4 Å². The average molecular weight is 899 g/mol. The number of carbonyl (C=O) groups excluding carboxylic acids is 2. The van der Waals surface area contributed by atoms with E-state index in [2.05, 4.69) is 51.9 Å². The van der Waals surface area contributed by atoms with Crippen LogP contribution in [0.15, 0.2) is 97.3 Å². The second kappa shape index (κ2) is 20.1. The zero-order valence-electron chi connectivity index (χ0n) is 37.6. The van der Waals surface area contributed by atoms with Gasteiger partial charge in [0.1, 0.15) is 17.0 Å². The van der Waals surface area contributed by atoms with Gasteiger partial charge in [-0.2, -0.15) is 0 Å². The summed E-state index contributed by atoms with van der Waals surface area (Å²) >= 11 is 6.32. The number of halogens is 1. The number of amides is 2. The lowest BCUT2D eigenvalue weighted by atomic mass is 9.59. The average Bonchev–Trinajstić information content (AvgIpc) is 3.60. The van der Waals surface area contributed by atoms with Crippen molar-refractivity contribution in [1.29, 1.82) is 0 Å². The molecule has 3 aliphatic carbocycles. The third-order valence-corrected chi connectivity index (χ3v) is 14.3. The van der Waals surface area contributed by atoms with Crippen molar-refractivity contribution in [3.8, 4) is 22.8 Å². The highest BCUT2D eigenvalue weighted by molar-refractivity contribution is 6.30. The van der Waals surface area contributed by atoms with Gasteiger partial charge in [-0.15, -0.1) is 0 Å². The number of hydrogen-bond acceptors (Lipinski definition) is 8. The number of fused-ring (bicyclic) bond motifs is 3. The van der Waals surface area contributed by atoms with E-state index >= 15 is 0 Å². The van der Waals surface area contributed by atoms with Crippen molar-refractivity contribution in [3.63, 3.8) is 0 Å². The van der Waals surface area contributed by atoms with Gasteiger partial charge in [0.2, 0.25) is 5.91 Å². The van der Waals surface area contributed by atoms with E-state index in [4.69, 9.17) is 21.1 Å². The number of carboxylic acid groups (broad SMARTS) is 1. The number of aliphatic carboxylic acids is 1. The Labute approximate surface area is 387 Å². The number of anilines is 1. The molecular weight excluding hydrogens is 838 g/mol. The molecule has 3 atom stereocenters. The predicted octanol–water partition coefficient (Wildman–Crippen LogP) is 10.1. The number of ether oxygens (including phenoxy) is 2. The fourth-order valence-corrected chi connectivity index (χ4v) is 10.8. The van der Waals surface area contributed by atoms with E-state index in [1.54, 1.807) is 31.4 Å². The smallest absolute Gasteiger partial charge is 0.329 e. The molecule has 0 bridgehead atoms. The zero-order chi connectivity index (χ0) is 45.6. The zero-order valence-corrected chi connectivity index (χ0v) is 38.4. The summed E-state index contributed by atoms with van der Waals surface area (Å²) in [5.41, 5.74) is 7.40. The Bertz CT molecular complexity index is 2500. The van der Waals surface area contributed by atoms with Gasteiger partial charge in [0.25, 0.3) is 5.91 Å². The Morgan fingerprint density at radius 3 is 2.55 bits per heavy atom. The first-order valence-corrected chi connectivity index (χ1v) is 23.5. The van der Waals surface area contributed by atoms with Crippen LogP contribution in [0, 0.1) is 11.8 Å². The molecule has 8 rings (SSSR count). The SMILES string of the molecule is CNC(=O)c1ccc(-c2cccc(CNC(=O)CCCOc3ccc4c(c3)C3(CCC(Nc5cccc(Cl)c5)(C(=O)O)CC3)C(C[C@@H](C)COc3ccnc5c3[C@H](C)CCC5)C4)c2)nc1. The maximum absolute atomic E-state index is 13.1. The minimum atomic E-state index is -1.12. The lowest BCUT2D eigenvalue weighted by molar-refractivity contribution is -0.144. The van der Waals surface area contributed by atoms with Crippen LogP contribution >= 0.6 is 11.6 Å². The first-order valence-electron chi connectivity index (χ1n) is 23.1. The fraction of sp³-hybridized carbons (Fsp3) is 0.415. The summed E-state index contributed by atoms with van der Waals surface area (Å²) in [5.74, 6) is 1.61. The number of pyridine rings is 2. The van der Waals surface area contributed by atoms with Gasteiger partial charge < -0.3 is 30.5 Å². The van der Waals surface area contributed by atoms with Gasteiger partial charge in [-0.1, -0.05) is 55.8 Å². The second-order valence-electron chi connectivity index (χ2n) is 18.5. The highest BCUT2D eigenvalue weighted by atomic mass is 35.5. The van der Waals surface area contributed by atoms with Crippen molar-refractivity contribution in [2.75, 3.05) is 25.6 Å². The van der Waals surface area contributed by atoms with Crippen LogP contribution in [0.25, 0.3) is 11.3 Å². The number of aryl methyl sites for hydroxylation is 1. The molecule has 65 heavy (non-hydrogen) atoms. The molecule has 3 aliphatic rings. The van der Waals surface area contributed by atoms with Crippen molar-refractivity contribution in [2.45, 2.75) is 108 Å². The summed E-state index contributed by atoms with van der Waals surface area (Å²) in [6.07, 6.45) is 11.8. The molecule has 1 saturated carbocycles. The lowest BCUT2D eigenvalue weighted by Crippen LogP contribution is -2.53. The number of rotatable bonds is 17. The monoisotopic (exact) mass is 897 g/mol. The van der Waals surface area contributed by atoms with Gasteiger partial charge in [-0.25, -0.2) is 4.79 Å².